The highest BCUT2D eigenvalue weighted by molar-refractivity contribution is 5.94. The van der Waals surface area contributed by atoms with Crippen LogP contribution in [0.5, 0.6) is 0 Å². The molecule has 1 saturated carbocycles. The third-order valence-corrected chi connectivity index (χ3v) is 4.58. The molecule has 0 radical (unpaired) electrons. The van der Waals surface area contributed by atoms with Gasteiger partial charge in [0.1, 0.15) is 6.54 Å². The summed E-state index contributed by atoms with van der Waals surface area (Å²) in [4.78, 5) is 27.4. The van der Waals surface area contributed by atoms with E-state index in [0.29, 0.717) is 36.8 Å². The van der Waals surface area contributed by atoms with Gasteiger partial charge in [-0.15, -0.1) is 0 Å². The van der Waals surface area contributed by atoms with E-state index >= 15 is 0 Å². The fraction of sp³-hybridized carbons (Fsp3) is 0.368. The van der Waals surface area contributed by atoms with Gasteiger partial charge in [0.2, 0.25) is 11.8 Å². The molecule has 8 heteroatoms. The second-order valence-corrected chi connectivity index (χ2v) is 6.83. The Morgan fingerprint density at radius 3 is 2.93 bits per heavy atom. The summed E-state index contributed by atoms with van der Waals surface area (Å²) in [5.74, 6) is 0.867. The van der Waals surface area contributed by atoms with Gasteiger partial charge in [-0.25, -0.2) is 0 Å². The molecule has 1 amide bonds. The van der Waals surface area contributed by atoms with Crippen molar-refractivity contribution in [1.29, 1.82) is 0 Å². The maximum absolute atomic E-state index is 12.2. The van der Waals surface area contributed by atoms with Gasteiger partial charge in [-0.3, -0.25) is 9.59 Å². The van der Waals surface area contributed by atoms with Crippen molar-refractivity contribution in [3.8, 4) is 0 Å². The van der Waals surface area contributed by atoms with E-state index in [0.717, 1.165) is 29.6 Å². The molecule has 2 N–H and O–H groups in total. The summed E-state index contributed by atoms with van der Waals surface area (Å²) in [5.41, 5.74) is 1.51. The first kappa shape index (κ1) is 17.3. The quantitative estimate of drug-likeness (QED) is 0.632. The predicted molar refractivity (Wildman–Crippen MR) is 97.4 cm³/mol. The molecule has 1 aromatic carbocycles. The Kier molecular flexibility index (Phi) is 4.62. The molecule has 3 aromatic rings. The number of rotatable bonds is 8. The zero-order valence-corrected chi connectivity index (χ0v) is 14.7. The molecule has 0 unspecified atom stereocenters. The highest BCUT2D eigenvalue weighted by atomic mass is 16.5. The third-order valence-electron chi connectivity index (χ3n) is 4.58. The number of carboxylic acid groups (broad SMARTS) is 1. The normalized spacial score (nSPS) is 13.8. The van der Waals surface area contributed by atoms with Gasteiger partial charge >= 0.3 is 5.97 Å². The number of nitrogens with zero attached hydrogens (tertiary/aromatic N) is 3. The zero-order chi connectivity index (χ0) is 18.8. The van der Waals surface area contributed by atoms with Gasteiger partial charge < -0.3 is 19.5 Å². The number of carboxylic acids is 1. The second kappa shape index (κ2) is 7.22. The van der Waals surface area contributed by atoms with Gasteiger partial charge in [0.05, 0.1) is 0 Å². The van der Waals surface area contributed by atoms with E-state index in [1.165, 1.54) is 0 Å². The van der Waals surface area contributed by atoms with Crippen LogP contribution in [0.4, 0.5) is 5.69 Å². The topological polar surface area (TPSA) is 110 Å². The van der Waals surface area contributed by atoms with Crippen LogP contribution in [0.25, 0.3) is 10.9 Å². The predicted octanol–water partition coefficient (Wildman–Crippen LogP) is 2.95. The Bertz CT molecular complexity index is 987. The van der Waals surface area contributed by atoms with Crippen molar-refractivity contribution in [3.05, 3.63) is 42.2 Å². The smallest absolute Gasteiger partial charge is 0.323 e. The van der Waals surface area contributed by atoms with Gasteiger partial charge in [-0.1, -0.05) is 5.16 Å². The summed E-state index contributed by atoms with van der Waals surface area (Å²) >= 11 is 0. The number of aromatic nitrogens is 3. The molecule has 2 heterocycles. The number of benzene rings is 1. The molecule has 0 saturated heterocycles. The second-order valence-electron chi connectivity index (χ2n) is 6.83. The summed E-state index contributed by atoms with van der Waals surface area (Å²) in [7, 11) is 0. The largest absolute Gasteiger partial charge is 0.480 e. The van der Waals surface area contributed by atoms with Crippen LogP contribution in [0.2, 0.25) is 0 Å². The molecule has 0 atom stereocenters. The fourth-order valence-corrected chi connectivity index (χ4v) is 3.06. The Morgan fingerprint density at radius 2 is 2.15 bits per heavy atom. The SMILES string of the molecule is O=C(O)Cn1ccc2cc(NC(=O)CCCc3nc(C4CC4)no3)ccc21. The number of anilines is 1. The van der Waals surface area contributed by atoms with Gasteiger partial charge in [0.15, 0.2) is 5.82 Å². The minimum atomic E-state index is -0.893. The minimum Gasteiger partial charge on any atom is -0.480 e. The molecule has 27 heavy (non-hydrogen) atoms. The Hall–Kier alpha value is -3.16. The Balaban J connectivity index is 1.30. The minimum absolute atomic E-state index is 0.0822. The highest BCUT2D eigenvalue weighted by Crippen LogP contribution is 2.38. The Morgan fingerprint density at radius 1 is 1.30 bits per heavy atom. The summed E-state index contributed by atoms with van der Waals surface area (Å²) in [6.07, 6.45) is 5.57. The molecule has 4 rings (SSSR count). The average Bonchev–Trinajstić information content (AvgIpc) is 3.25. The number of amides is 1. The molecular weight excluding hydrogens is 348 g/mol. The first-order valence-electron chi connectivity index (χ1n) is 9.01. The number of nitrogens with one attached hydrogen (secondary N) is 1. The maximum Gasteiger partial charge on any atom is 0.323 e. The lowest BCUT2D eigenvalue weighted by Gasteiger charge is -2.06. The van der Waals surface area contributed by atoms with Crippen molar-refractivity contribution in [2.75, 3.05) is 5.32 Å². The maximum atomic E-state index is 12.2. The zero-order valence-electron chi connectivity index (χ0n) is 14.7. The van der Waals surface area contributed by atoms with E-state index in [-0.39, 0.29) is 12.5 Å². The number of carbonyl (C=O) groups excluding carboxylic acids is 1. The molecule has 8 nitrogen and oxygen atoms in total. The van der Waals surface area contributed by atoms with E-state index in [2.05, 4.69) is 15.5 Å². The number of hydrogen-bond acceptors (Lipinski definition) is 5. The number of carbonyl (C=O) groups is 2. The number of aliphatic carboxylic acids is 1. The van der Waals surface area contributed by atoms with Crippen molar-refractivity contribution in [2.24, 2.45) is 0 Å². The first-order valence-corrected chi connectivity index (χ1v) is 9.01. The van der Waals surface area contributed by atoms with Crippen LogP contribution in [-0.4, -0.2) is 31.7 Å². The van der Waals surface area contributed by atoms with Crippen molar-refractivity contribution >= 4 is 28.5 Å². The van der Waals surface area contributed by atoms with E-state index < -0.39 is 5.97 Å². The van der Waals surface area contributed by atoms with Crippen LogP contribution in [0.15, 0.2) is 35.0 Å². The summed E-state index contributed by atoms with van der Waals surface area (Å²) in [5, 5.41) is 16.6. The molecule has 140 valence electrons. The fourth-order valence-electron chi connectivity index (χ4n) is 3.06. The molecule has 0 aliphatic heterocycles. The summed E-state index contributed by atoms with van der Waals surface area (Å²) in [6.45, 7) is -0.0899. The van der Waals surface area contributed by atoms with Crippen LogP contribution in [0, 0.1) is 0 Å². The molecular formula is C19H20N4O4. The van der Waals surface area contributed by atoms with Crippen molar-refractivity contribution in [1.82, 2.24) is 14.7 Å². The highest BCUT2D eigenvalue weighted by Gasteiger charge is 2.28. The van der Waals surface area contributed by atoms with Crippen molar-refractivity contribution in [2.45, 2.75) is 44.6 Å². The number of aryl methyl sites for hydroxylation is 1. The lowest BCUT2D eigenvalue weighted by atomic mass is 10.2. The van der Waals surface area contributed by atoms with Crippen LogP contribution < -0.4 is 5.32 Å². The number of fused-ring (bicyclic) bond motifs is 1. The molecule has 1 aliphatic rings. The molecule has 0 spiro atoms. The van der Waals surface area contributed by atoms with Crippen molar-refractivity contribution in [3.63, 3.8) is 0 Å². The lowest BCUT2D eigenvalue weighted by molar-refractivity contribution is -0.137. The number of hydrogen-bond donors (Lipinski definition) is 2. The van der Waals surface area contributed by atoms with E-state index in [9.17, 15) is 9.59 Å². The van der Waals surface area contributed by atoms with Crippen LogP contribution in [-0.2, 0) is 22.6 Å². The van der Waals surface area contributed by atoms with E-state index in [1.54, 1.807) is 16.8 Å². The summed E-state index contributed by atoms with van der Waals surface area (Å²) in [6, 6.07) is 7.26. The molecule has 1 aliphatic carbocycles. The lowest BCUT2D eigenvalue weighted by Crippen LogP contribution is -2.11. The third kappa shape index (κ3) is 4.16. The van der Waals surface area contributed by atoms with Gasteiger partial charge in [-0.05, 0) is 43.5 Å². The standard InChI is InChI=1S/C19H20N4O4/c24-16(2-1-3-17-21-19(22-27-17)12-4-5-12)20-14-6-7-15-13(10-14)8-9-23(15)11-18(25)26/h6-10,12H,1-5,11H2,(H,20,24)(H,25,26). The van der Waals surface area contributed by atoms with Crippen molar-refractivity contribution < 1.29 is 19.2 Å². The van der Waals surface area contributed by atoms with Crippen LogP contribution in [0.1, 0.15) is 43.3 Å². The van der Waals surface area contributed by atoms with Gasteiger partial charge in [0.25, 0.3) is 0 Å². The van der Waals surface area contributed by atoms with Crippen LogP contribution in [0.3, 0.4) is 0 Å². The molecule has 1 fully saturated rings. The average molecular weight is 368 g/mol. The molecule has 0 bridgehead atoms. The van der Waals surface area contributed by atoms with Gasteiger partial charge in [0, 0.05) is 41.5 Å². The van der Waals surface area contributed by atoms with E-state index in [1.807, 2.05) is 18.2 Å². The van der Waals surface area contributed by atoms with Crippen LogP contribution >= 0.6 is 0 Å². The van der Waals surface area contributed by atoms with Gasteiger partial charge in [-0.2, -0.15) is 4.98 Å². The van der Waals surface area contributed by atoms with E-state index in [4.69, 9.17) is 9.63 Å². The monoisotopic (exact) mass is 368 g/mol. The molecule has 2 aromatic heterocycles. The summed E-state index contributed by atoms with van der Waals surface area (Å²) < 4.78 is 6.86. The Labute approximate surface area is 155 Å². The first-order chi connectivity index (χ1) is 13.1.